The molecule has 2 aromatic carbocycles. The average Bonchev–Trinajstić information content (AvgIpc) is 3.26. The van der Waals surface area contributed by atoms with Gasteiger partial charge in [0.2, 0.25) is 0 Å². The van der Waals surface area contributed by atoms with Gasteiger partial charge in [-0.1, -0.05) is 55.8 Å². The second kappa shape index (κ2) is 11.6. The van der Waals surface area contributed by atoms with Crippen LogP contribution < -0.4 is 5.32 Å². The molecule has 0 aliphatic carbocycles. The predicted molar refractivity (Wildman–Crippen MR) is 141 cm³/mol. The van der Waals surface area contributed by atoms with Crippen LogP contribution in [-0.2, 0) is 35.2 Å². The van der Waals surface area contributed by atoms with Crippen molar-refractivity contribution in [1.82, 2.24) is 15.2 Å². The second-order valence-corrected chi connectivity index (χ2v) is 10.3. The molecule has 1 amide bonds. The fourth-order valence-corrected chi connectivity index (χ4v) is 4.99. The Morgan fingerprint density at radius 3 is 2.31 bits per heavy atom. The number of hydrogen-bond acceptors (Lipinski definition) is 5. The van der Waals surface area contributed by atoms with Gasteiger partial charge in [-0.25, -0.2) is 4.79 Å². The first-order valence-electron chi connectivity index (χ1n) is 12.8. The molecule has 6 nitrogen and oxygen atoms in total. The summed E-state index contributed by atoms with van der Waals surface area (Å²) in [7, 11) is 1.28. The van der Waals surface area contributed by atoms with Crippen molar-refractivity contribution in [3.05, 3.63) is 99.9 Å². The summed E-state index contributed by atoms with van der Waals surface area (Å²) in [6.07, 6.45) is -2.59. The molecular weight excluding hydrogens is 507 g/mol. The van der Waals surface area contributed by atoms with E-state index in [-0.39, 0.29) is 18.4 Å². The number of carbonyl (C=O) groups excluding carboxylic acids is 2. The van der Waals surface area contributed by atoms with Crippen molar-refractivity contribution >= 4 is 11.9 Å². The van der Waals surface area contributed by atoms with Crippen LogP contribution in [-0.4, -0.2) is 34.9 Å². The normalized spacial score (nSPS) is 16.2. The highest BCUT2D eigenvalue weighted by Crippen LogP contribution is 2.39. The Morgan fingerprint density at radius 1 is 1.08 bits per heavy atom. The third-order valence-electron chi connectivity index (χ3n) is 6.96. The number of halogens is 3. The lowest BCUT2D eigenvalue weighted by molar-refractivity contribution is -0.143. The van der Waals surface area contributed by atoms with Gasteiger partial charge in [0.1, 0.15) is 6.04 Å². The first kappa shape index (κ1) is 28.3. The zero-order chi connectivity index (χ0) is 28.3. The quantitative estimate of drug-likeness (QED) is 0.376. The number of rotatable bonds is 8. The van der Waals surface area contributed by atoms with Gasteiger partial charge in [0.25, 0.3) is 5.91 Å². The summed E-state index contributed by atoms with van der Waals surface area (Å²) in [6, 6.07) is 13.7. The number of nitrogens with zero attached hydrogens (tertiary/aromatic N) is 2. The van der Waals surface area contributed by atoms with Gasteiger partial charge in [0, 0.05) is 25.7 Å². The Hall–Kier alpha value is -3.72. The zero-order valence-electron chi connectivity index (χ0n) is 22.4. The van der Waals surface area contributed by atoms with Crippen LogP contribution in [0.1, 0.15) is 63.8 Å². The van der Waals surface area contributed by atoms with Gasteiger partial charge in [-0.2, -0.15) is 13.2 Å². The van der Waals surface area contributed by atoms with Gasteiger partial charge in [-0.3, -0.25) is 14.7 Å². The summed E-state index contributed by atoms with van der Waals surface area (Å²) in [5.41, 5.74) is 4.11. The minimum atomic E-state index is -4.38. The standard InChI is InChI=1S/C30H32F3N3O3/c1-18(2)27-26-23(17-36(27)16-21-9-11-24(12-10-21)30(31,32)33)14-22(15-34-26)28(37)35-25(29(38)39-4)13-20-7-5-19(3)6-8-20/h5-12,14-15,18,25,27H,13,16-17H2,1-4H3,(H,35,37)/t25?,27-/m0/s1. The highest BCUT2D eigenvalue weighted by molar-refractivity contribution is 5.96. The third-order valence-corrected chi connectivity index (χ3v) is 6.96. The van der Waals surface area contributed by atoms with E-state index in [2.05, 4.69) is 29.0 Å². The Morgan fingerprint density at radius 2 is 1.72 bits per heavy atom. The van der Waals surface area contributed by atoms with Crippen LogP contribution in [0.2, 0.25) is 0 Å². The van der Waals surface area contributed by atoms with Crippen LogP contribution in [0.25, 0.3) is 0 Å². The molecule has 1 aliphatic heterocycles. The fourth-order valence-electron chi connectivity index (χ4n) is 4.99. The van der Waals surface area contributed by atoms with E-state index in [9.17, 15) is 22.8 Å². The van der Waals surface area contributed by atoms with Crippen molar-refractivity contribution in [2.75, 3.05) is 7.11 Å². The molecule has 0 radical (unpaired) electrons. The molecule has 2 heterocycles. The van der Waals surface area contributed by atoms with Crippen LogP contribution in [0.15, 0.2) is 60.8 Å². The number of amides is 1. The van der Waals surface area contributed by atoms with Gasteiger partial charge in [0.15, 0.2) is 0 Å². The smallest absolute Gasteiger partial charge is 0.416 e. The lowest BCUT2D eigenvalue weighted by Crippen LogP contribution is -2.43. The monoisotopic (exact) mass is 539 g/mol. The van der Waals surface area contributed by atoms with Crippen LogP contribution in [0, 0.1) is 12.8 Å². The van der Waals surface area contributed by atoms with Crippen LogP contribution >= 0.6 is 0 Å². The highest BCUT2D eigenvalue weighted by Gasteiger charge is 2.35. The number of nitrogens with one attached hydrogen (secondary N) is 1. The summed E-state index contributed by atoms with van der Waals surface area (Å²) in [6.45, 7) is 7.04. The molecule has 4 rings (SSSR count). The zero-order valence-corrected chi connectivity index (χ0v) is 22.4. The molecule has 0 saturated carbocycles. The van der Waals surface area contributed by atoms with E-state index in [0.717, 1.165) is 40.1 Å². The molecule has 0 fully saturated rings. The number of ether oxygens (including phenoxy) is 1. The number of alkyl halides is 3. The summed E-state index contributed by atoms with van der Waals surface area (Å²) < 4.78 is 43.8. The van der Waals surface area contributed by atoms with Gasteiger partial charge < -0.3 is 10.1 Å². The molecule has 0 saturated heterocycles. The molecule has 0 spiro atoms. The summed E-state index contributed by atoms with van der Waals surface area (Å²) in [4.78, 5) is 32.4. The Bertz CT molecular complexity index is 1320. The number of esters is 1. The van der Waals surface area contributed by atoms with E-state index < -0.39 is 29.7 Å². The number of fused-ring (bicyclic) bond motifs is 1. The molecule has 1 unspecified atom stereocenters. The first-order valence-corrected chi connectivity index (χ1v) is 12.8. The van der Waals surface area contributed by atoms with Crippen molar-refractivity contribution in [1.29, 1.82) is 0 Å². The maximum Gasteiger partial charge on any atom is 0.416 e. The van der Waals surface area contributed by atoms with Gasteiger partial charge in [-0.15, -0.1) is 0 Å². The van der Waals surface area contributed by atoms with E-state index in [4.69, 9.17) is 4.74 Å². The maximum atomic E-state index is 13.2. The van der Waals surface area contributed by atoms with Crippen molar-refractivity contribution in [3.63, 3.8) is 0 Å². The summed E-state index contributed by atoms with van der Waals surface area (Å²) >= 11 is 0. The van der Waals surface area contributed by atoms with Gasteiger partial charge in [0.05, 0.1) is 30.0 Å². The maximum absolute atomic E-state index is 13.2. The fraction of sp³-hybridized carbons (Fsp3) is 0.367. The number of pyridine rings is 1. The molecule has 9 heteroatoms. The number of benzene rings is 2. The minimum Gasteiger partial charge on any atom is -0.467 e. The Balaban J connectivity index is 1.50. The van der Waals surface area contributed by atoms with E-state index in [1.54, 1.807) is 6.07 Å². The number of carbonyl (C=O) groups is 2. The van der Waals surface area contributed by atoms with Crippen molar-refractivity contribution in [3.8, 4) is 0 Å². The van der Waals surface area contributed by atoms with Crippen molar-refractivity contribution < 1.29 is 27.5 Å². The van der Waals surface area contributed by atoms with E-state index in [1.165, 1.54) is 25.4 Å². The SMILES string of the molecule is COC(=O)C(Cc1ccc(C)cc1)NC(=O)c1cnc2c(c1)CN(Cc1ccc(C(F)(F)F)cc1)[C@H]2C(C)C. The van der Waals surface area contributed by atoms with E-state index in [0.29, 0.717) is 18.7 Å². The second-order valence-electron chi connectivity index (χ2n) is 10.3. The molecule has 3 aromatic rings. The number of methoxy groups -OCH3 is 1. The lowest BCUT2D eigenvalue weighted by atomic mass is 9.99. The molecule has 2 atom stereocenters. The van der Waals surface area contributed by atoms with Crippen molar-refractivity contribution in [2.24, 2.45) is 5.92 Å². The summed E-state index contributed by atoms with van der Waals surface area (Å²) in [5, 5.41) is 2.78. The molecule has 39 heavy (non-hydrogen) atoms. The largest absolute Gasteiger partial charge is 0.467 e. The van der Waals surface area contributed by atoms with Crippen LogP contribution in [0.3, 0.4) is 0 Å². The molecular formula is C30H32F3N3O3. The molecule has 1 aromatic heterocycles. The van der Waals surface area contributed by atoms with Crippen LogP contribution in [0.4, 0.5) is 13.2 Å². The first-order chi connectivity index (χ1) is 18.5. The molecule has 1 aliphatic rings. The number of aryl methyl sites for hydroxylation is 1. The number of aromatic nitrogens is 1. The topological polar surface area (TPSA) is 71.5 Å². The van der Waals surface area contributed by atoms with Crippen molar-refractivity contribution in [2.45, 2.75) is 58.5 Å². The molecule has 0 bridgehead atoms. The van der Waals surface area contributed by atoms with Gasteiger partial charge in [-0.05, 0) is 47.7 Å². The minimum absolute atomic E-state index is 0.0521. The molecule has 206 valence electrons. The van der Waals surface area contributed by atoms with Gasteiger partial charge >= 0.3 is 12.1 Å². The Kier molecular flexibility index (Phi) is 8.39. The average molecular weight is 540 g/mol. The highest BCUT2D eigenvalue weighted by atomic mass is 19.4. The lowest BCUT2D eigenvalue weighted by Gasteiger charge is -2.27. The molecule has 1 N–H and O–H groups in total. The summed E-state index contributed by atoms with van der Waals surface area (Å²) in [5.74, 6) is -0.790. The number of hydrogen-bond donors (Lipinski definition) is 1. The third kappa shape index (κ3) is 6.65. The van der Waals surface area contributed by atoms with E-state index >= 15 is 0 Å². The van der Waals surface area contributed by atoms with Crippen LogP contribution in [0.5, 0.6) is 0 Å². The Labute approximate surface area is 226 Å². The van der Waals surface area contributed by atoms with E-state index in [1.807, 2.05) is 31.2 Å². The predicted octanol–water partition coefficient (Wildman–Crippen LogP) is 5.64.